The summed E-state index contributed by atoms with van der Waals surface area (Å²) in [6, 6.07) is 0. The molecule has 0 aliphatic carbocycles. The van der Waals surface area contributed by atoms with Crippen molar-refractivity contribution in [1.29, 1.82) is 0 Å². The van der Waals surface area contributed by atoms with Crippen LogP contribution in [0.5, 0.6) is 0 Å². The van der Waals surface area contributed by atoms with E-state index < -0.39 is 0 Å². The molecule has 0 fully saturated rings. The first-order valence-corrected chi connectivity index (χ1v) is 4.19. The van der Waals surface area contributed by atoms with Gasteiger partial charge in [-0.25, -0.2) is 0 Å². The van der Waals surface area contributed by atoms with E-state index in [1.807, 2.05) is 45.1 Å². The molecule has 0 heterocycles. The van der Waals surface area contributed by atoms with Crippen molar-refractivity contribution in [2.75, 3.05) is 0 Å². The second kappa shape index (κ2) is 6.17. The Balaban J connectivity index is 3.75. The molecule has 2 atom stereocenters. The van der Waals surface area contributed by atoms with Crippen molar-refractivity contribution in [3.8, 4) is 0 Å². The highest BCUT2D eigenvalue weighted by molar-refractivity contribution is 5.03. The van der Waals surface area contributed by atoms with Gasteiger partial charge in [-0.2, -0.15) is 0 Å². The number of allylic oxidation sites excluding steroid dienone is 3. The minimum Gasteiger partial charge on any atom is -0.393 e. The van der Waals surface area contributed by atoms with E-state index in [-0.39, 0.29) is 12.0 Å². The molecule has 11 heavy (non-hydrogen) atoms. The fraction of sp³-hybridized carbons (Fsp3) is 0.600. The normalized spacial score (nSPS) is 17.8. The largest absolute Gasteiger partial charge is 0.393 e. The van der Waals surface area contributed by atoms with Crippen LogP contribution in [0.1, 0.15) is 27.2 Å². The standard InChI is InChI=1S/C10H18O/c1-4-6-7-8-9(3)10(11)5-2/h4,6-11H,5H2,1-3H3. The molecule has 0 saturated heterocycles. The maximum atomic E-state index is 9.35. The summed E-state index contributed by atoms with van der Waals surface area (Å²) in [5, 5.41) is 9.35. The van der Waals surface area contributed by atoms with E-state index in [2.05, 4.69) is 0 Å². The molecule has 0 spiro atoms. The van der Waals surface area contributed by atoms with E-state index in [4.69, 9.17) is 0 Å². The lowest BCUT2D eigenvalue weighted by atomic mass is 10.0. The van der Waals surface area contributed by atoms with Crippen LogP contribution in [0.15, 0.2) is 24.3 Å². The zero-order valence-corrected chi connectivity index (χ0v) is 7.62. The molecule has 0 aromatic rings. The predicted octanol–water partition coefficient (Wildman–Crippen LogP) is 2.53. The van der Waals surface area contributed by atoms with Gasteiger partial charge in [0.15, 0.2) is 0 Å². The van der Waals surface area contributed by atoms with Crippen LogP contribution in [0.25, 0.3) is 0 Å². The van der Waals surface area contributed by atoms with Gasteiger partial charge in [0.2, 0.25) is 0 Å². The van der Waals surface area contributed by atoms with Crippen molar-refractivity contribution in [1.82, 2.24) is 0 Å². The lowest BCUT2D eigenvalue weighted by Gasteiger charge is -2.11. The predicted molar refractivity (Wildman–Crippen MR) is 49.4 cm³/mol. The number of aliphatic hydroxyl groups excluding tert-OH is 1. The highest BCUT2D eigenvalue weighted by atomic mass is 16.3. The first-order valence-electron chi connectivity index (χ1n) is 4.19. The molecule has 0 radical (unpaired) electrons. The molecule has 0 rings (SSSR count). The first kappa shape index (κ1) is 10.4. The van der Waals surface area contributed by atoms with E-state index in [9.17, 15) is 5.11 Å². The maximum Gasteiger partial charge on any atom is 0.0597 e. The van der Waals surface area contributed by atoms with Gasteiger partial charge in [-0.05, 0) is 13.3 Å². The van der Waals surface area contributed by atoms with Crippen molar-refractivity contribution >= 4 is 0 Å². The van der Waals surface area contributed by atoms with Crippen molar-refractivity contribution in [3.63, 3.8) is 0 Å². The highest BCUT2D eigenvalue weighted by Crippen LogP contribution is 2.07. The average Bonchev–Trinajstić information content (AvgIpc) is 2.03. The van der Waals surface area contributed by atoms with Crippen LogP contribution in [0, 0.1) is 5.92 Å². The summed E-state index contributed by atoms with van der Waals surface area (Å²) < 4.78 is 0. The van der Waals surface area contributed by atoms with E-state index >= 15 is 0 Å². The Kier molecular flexibility index (Phi) is 5.86. The second-order valence-corrected chi connectivity index (χ2v) is 2.75. The van der Waals surface area contributed by atoms with Gasteiger partial charge in [0.25, 0.3) is 0 Å². The molecule has 1 nitrogen and oxygen atoms in total. The molecule has 0 aliphatic heterocycles. The molecule has 1 heteroatoms. The summed E-state index contributed by atoms with van der Waals surface area (Å²) in [5.41, 5.74) is 0. The van der Waals surface area contributed by atoms with Crippen molar-refractivity contribution in [3.05, 3.63) is 24.3 Å². The molecular formula is C10H18O. The molecule has 2 unspecified atom stereocenters. The molecule has 0 saturated carbocycles. The lowest BCUT2D eigenvalue weighted by molar-refractivity contribution is 0.134. The number of aliphatic hydroxyl groups is 1. The van der Waals surface area contributed by atoms with E-state index in [1.54, 1.807) is 0 Å². The van der Waals surface area contributed by atoms with Crippen LogP contribution in [0.3, 0.4) is 0 Å². The number of rotatable bonds is 4. The quantitative estimate of drug-likeness (QED) is 0.617. The van der Waals surface area contributed by atoms with E-state index in [0.717, 1.165) is 6.42 Å². The van der Waals surface area contributed by atoms with Crippen molar-refractivity contribution < 1.29 is 5.11 Å². The molecule has 0 aromatic heterocycles. The summed E-state index contributed by atoms with van der Waals surface area (Å²) >= 11 is 0. The summed E-state index contributed by atoms with van der Waals surface area (Å²) in [5.74, 6) is 0.260. The smallest absolute Gasteiger partial charge is 0.0597 e. The van der Waals surface area contributed by atoms with Crippen LogP contribution in [0.2, 0.25) is 0 Å². The van der Waals surface area contributed by atoms with E-state index in [1.165, 1.54) is 0 Å². The highest BCUT2D eigenvalue weighted by Gasteiger charge is 2.06. The summed E-state index contributed by atoms with van der Waals surface area (Å²) in [6.45, 7) is 5.99. The Morgan fingerprint density at radius 2 is 2.00 bits per heavy atom. The van der Waals surface area contributed by atoms with Crippen LogP contribution in [-0.2, 0) is 0 Å². The topological polar surface area (TPSA) is 20.2 Å². The average molecular weight is 154 g/mol. The molecule has 1 N–H and O–H groups in total. The maximum absolute atomic E-state index is 9.35. The molecule has 64 valence electrons. The SMILES string of the molecule is CC=CC=CC(C)C(O)CC. The van der Waals surface area contributed by atoms with Crippen molar-refractivity contribution in [2.24, 2.45) is 5.92 Å². The van der Waals surface area contributed by atoms with Crippen molar-refractivity contribution in [2.45, 2.75) is 33.3 Å². The zero-order chi connectivity index (χ0) is 8.69. The minimum absolute atomic E-state index is 0.198. The van der Waals surface area contributed by atoms with Crippen LogP contribution in [-0.4, -0.2) is 11.2 Å². The third kappa shape index (κ3) is 4.79. The Bertz CT molecular complexity index is 136. The van der Waals surface area contributed by atoms with Gasteiger partial charge in [-0.15, -0.1) is 0 Å². The van der Waals surface area contributed by atoms with Gasteiger partial charge < -0.3 is 5.11 Å². The Hall–Kier alpha value is -0.560. The van der Waals surface area contributed by atoms with Crippen LogP contribution in [0.4, 0.5) is 0 Å². The third-order valence-corrected chi connectivity index (χ3v) is 1.74. The monoisotopic (exact) mass is 154 g/mol. The molecule has 0 aliphatic rings. The molecule has 0 amide bonds. The third-order valence-electron chi connectivity index (χ3n) is 1.74. The second-order valence-electron chi connectivity index (χ2n) is 2.75. The van der Waals surface area contributed by atoms with Gasteiger partial charge in [0, 0.05) is 5.92 Å². The Morgan fingerprint density at radius 3 is 2.45 bits per heavy atom. The van der Waals surface area contributed by atoms with Gasteiger partial charge in [-0.1, -0.05) is 38.2 Å². The fourth-order valence-corrected chi connectivity index (χ4v) is 0.851. The molecule has 0 aromatic carbocycles. The zero-order valence-electron chi connectivity index (χ0n) is 7.62. The van der Waals surface area contributed by atoms with Gasteiger partial charge in [-0.3, -0.25) is 0 Å². The molecule has 0 bridgehead atoms. The summed E-state index contributed by atoms with van der Waals surface area (Å²) in [4.78, 5) is 0. The van der Waals surface area contributed by atoms with Crippen LogP contribution >= 0.6 is 0 Å². The number of hydrogen-bond donors (Lipinski definition) is 1. The van der Waals surface area contributed by atoms with Gasteiger partial charge >= 0.3 is 0 Å². The Labute approximate surface area is 69.4 Å². The fourth-order valence-electron chi connectivity index (χ4n) is 0.851. The van der Waals surface area contributed by atoms with E-state index in [0.29, 0.717) is 0 Å². The first-order chi connectivity index (χ1) is 5.22. The van der Waals surface area contributed by atoms with Crippen LogP contribution < -0.4 is 0 Å². The molecular weight excluding hydrogens is 136 g/mol. The van der Waals surface area contributed by atoms with Gasteiger partial charge in [0.1, 0.15) is 0 Å². The lowest BCUT2D eigenvalue weighted by Crippen LogP contribution is -2.13. The number of hydrogen-bond acceptors (Lipinski definition) is 1. The Morgan fingerprint density at radius 1 is 1.36 bits per heavy atom. The minimum atomic E-state index is -0.198. The summed E-state index contributed by atoms with van der Waals surface area (Å²) in [7, 11) is 0. The van der Waals surface area contributed by atoms with Gasteiger partial charge in [0.05, 0.1) is 6.10 Å². The summed E-state index contributed by atoms with van der Waals surface area (Å²) in [6.07, 6.45) is 8.57.